The number of phenols is 2. The SMILES string of the molecule is O=S(=O)(O)C(c1cccc(O)c1)(c1cccc(Cl)c1Cl)c1c(O)cc(Cl)cc1Cl. The van der Waals surface area contributed by atoms with Crippen LogP contribution in [0, 0.1) is 0 Å². The van der Waals surface area contributed by atoms with Crippen LogP contribution < -0.4 is 0 Å². The van der Waals surface area contributed by atoms with E-state index in [9.17, 15) is 23.2 Å². The molecule has 0 aliphatic carbocycles. The Morgan fingerprint density at radius 1 is 0.828 bits per heavy atom. The molecule has 1 unspecified atom stereocenters. The lowest BCUT2D eigenvalue weighted by Crippen LogP contribution is -2.39. The van der Waals surface area contributed by atoms with Crippen molar-refractivity contribution in [3.63, 3.8) is 0 Å². The topological polar surface area (TPSA) is 94.8 Å². The van der Waals surface area contributed by atoms with Crippen LogP contribution in [0.25, 0.3) is 0 Å². The first-order valence-electron chi connectivity index (χ1n) is 7.89. The Bertz CT molecular complexity index is 1190. The van der Waals surface area contributed by atoms with Crippen LogP contribution in [-0.2, 0) is 14.9 Å². The van der Waals surface area contributed by atoms with E-state index in [4.69, 9.17) is 46.4 Å². The Hall–Kier alpha value is -1.67. The van der Waals surface area contributed by atoms with Gasteiger partial charge in [0.2, 0.25) is 0 Å². The maximum atomic E-state index is 13.0. The third-order valence-corrected chi connectivity index (χ3v) is 7.13. The first-order chi connectivity index (χ1) is 13.5. The standard InChI is InChI=1S/C19H12Cl4O5S/c20-11-8-15(22)17(16(25)9-11)19(29(26,27)28,10-3-1-4-12(24)7-10)13-5-2-6-14(21)18(13)23/h1-9,24-25H,(H,26,27,28). The average Bonchev–Trinajstić information content (AvgIpc) is 2.59. The van der Waals surface area contributed by atoms with Gasteiger partial charge >= 0.3 is 0 Å². The number of phenolic OH excluding ortho intramolecular Hbond substituents is 2. The molecule has 0 fully saturated rings. The third-order valence-electron chi connectivity index (χ3n) is 4.36. The predicted octanol–water partition coefficient (Wildman–Crippen LogP) is 5.89. The van der Waals surface area contributed by atoms with E-state index in [2.05, 4.69) is 0 Å². The molecule has 0 saturated heterocycles. The maximum Gasteiger partial charge on any atom is 0.283 e. The summed E-state index contributed by atoms with van der Waals surface area (Å²) in [5.74, 6) is -0.905. The van der Waals surface area contributed by atoms with Gasteiger partial charge in [0.05, 0.1) is 15.1 Å². The van der Waals surface area contributed by atoms with Crippen LogP contribution in [0.4, 0.5) is 0 Å². The zero-order valence-electron chi connectivity index (χ0n) is 14.3. The Balaban J connectivity index is 2.66. The quantitative estimate of drug-likeness (QED) is 0.311. The van der Waals surface area contributed by atoms with Crippen molar-refractivity contribution >= 4 is 56.5 Å². The van der Waals surface area contributed by atoms with E-state index in [1.54, 1.807) is 0 Å². The molecular weight excluding hydrogens is 482 g/mol. The normalized spacial score (nSPS) is 13.8. The van der Waals surface area contributed by atoms with Gasteiger partial charge < -0.3 is 10.2 Å². The molecule has 0 amide bonds. The minimum absolute atomic E-state index is 0.00178. The summed E-state index contributed by atoms with van der Waals surface area (Å²) in [4.78, 5) is 0. The lowest BCUT2D eigenvalue weighted by atomic mass is 9.83. The highest BCUT2D eigenvalue weighted by Gasteiger charge is 2.52. The lowest BCUT2D eigenvalue weighted by molar-refractivity contribution is 0.439. The van der Waals surface area contributed by atoms with Gasteiger partial charge in [0.25, 0.3) is 10.1 Å². The summed E-state index contributed by atoms with van der Waals surface area (Å²) in [7, 11) is -5.14. The van der Waals surface area contributed by atoms with Crippen molar-refractivity contribution in [3.8, 4) is 11.5 Å². The highest BCUT2D eigenvalue weighted by Crippen LogP contribution is 2.53. The van der Waals surface area contributed by atoms with Gasteiger partial charge in [-0.25, -0.2) is 0 Å². The summed E-state index contributed by atoms with van der Waals surface area (Å²) in [6.45, 7) is 0. The summed E-state index contributed by atoms with van der Waals surface area (Å²) < 4.78 is 33.9. The minimum atomic E-state index is -5.14. The van der Waals surface area contributed by atoms with E-state index in [1.807, 2.05) is 0 Å². The van der Waals surface area contributed by atoms with Crippen molar-refractivity contribution in [1.82, 2.24) is 0 Å². The largest absolute Gasteiger partial charge is 0.508 e. The number of hydrogen-bond donors (Lipinski definition) is 3. The molecular formula is C19H12Cl4O5S. The molecule has 0 radical (unpaired) electrons. The molecule has 1 atom stereocenters. The number of aromatic hydroxyl groups is 2. The van der Waals surface area contributed by atoms with Gasteiger partial charge in [-0.05, 0) is 35.9 Å². The van der Waals surface area contributed by atoms with E-state index in [-0.39, 0.29) is 37.0 Å². The summed E-state index contributed by atoms with van der Waals surface area (Å²) in [6.07, 6.45) is 0. The molecule has 0 spiro atoms. The Morgan fingerprint density at radius 3 is 2.07 bits per heavy atom. The fraction of sp³-hybridized carbons (Fsp3) is 0.0526. The van der Waals surface area contributed by atoms with E-state index < -0.39 is 26.2 Å². The van der Waals surface area contributed by atoms with Crippen LogP contribution in [0.15, 0.2) is 54.6 Å². The van der Waals surface area contributed by atoms with Crippen LogP contribution in [0.1, 0.15) is 16.7 Å². The average molecular weight is 494 g/mol. The molecule has 0 aliphatic rings. The number of benzene rings is 3. The van der Waals surface area contributed by atoms with Crippen molar-refractivity contribution in [2.24, 2.45) is 0 Å². The van der Waals surface area contributed by atoms with Gasteiger partial charge in [-0.3, -0.25) is 4.55 Å². The highest BCUT2D eigenvalue weighted by atomic mass is 35.5. The molecule has 0 aliphatic heterocycles. The second-order valence-corrected chi connectivity index (χ2v) is 9.28. The molecule has 0 saturated carbocycles. The molecule has 0 heterocycles. The molecule has 0 bridgehead atoms. The molecule has 3 aromatic carbocycles. The molecule has 10 heteroatoms. The first kappa shape index (κ1) is 22.0. The minimum Gasteiger partial charge on any atom is -0.508 e. The predicted molar refractivity (Wildman–Crippen MR) is 114 cm³/mol. The fourth-order valence-corrected chi connectivity index (χ4v) is 5.78. The first-order valence-corrected chi connectivity index (χ1v) is 10.8. The third kappa shape index (κ3) is 3.65. The summed E-state index contributed by atoms with van der Waals surface area (Å²) in [5, 5.41) is 20.2. The Morgan fingerprint density at radius 2 is 1.48 bits per heavy atom. The molecule has 152 valence electrons. The van der Waals surface area contributed by atoms with Gasteiger partial charge in [-0.15, -0.1) is 0 Å². The smallest absolute Gasteiger partial charge is 0.283 e. The molecule has 3 aromatic rings. The van der Waals surface area contributed by atoms with Gasteiger partial charge in [0, 0.05) is 16.1 Å². The van der Waals surface area contributed by atoms with Crippen LogP contribution in [0.2, 0.25) is 20.1 Å². The highest BCUT2D eigenvalue weighted by molar-refractivity contribution is 7.87. The molecule has 3 N–H and O–H groups in total. The number of hydrogen-bond acceptors (Lipinski definition) is 4. The van der Waals surface area contributed by atoms with E-state index in [0.29, 0.717) is 0 Å². The maximum absolute atomic E-state index is 13.0. The van der Waals surface area contributed by atoms with E-state index in [1.165, 1.54) is 42.5 Å². The van der Waals surface area contributed by atoms with Crippen LogP contribution in [0.5, 0.6) is 11.5 Å². The summed E-state index contributed by atoms with van der Waals surface area (Å²) in [6, 6.07) is 11.6. The monoisotopic (exact) mass is 492 g/mol. The van der Waals surface area contributed by atoms with Gasteiger partial charge in [-0.2, -0.15) is 8.42 Å². The number of halogens is 4. The second-order valence-electron chi connectivity index (χ2n) is 6.09. The van der Waals surface area contributed by atoms with Crippen molar-refractivity contribution < 1.29 is 23.2 Å². The van der Waals surface area contributed by atoms with Crippen LogP contribution in [-0.4, -0.2) is 23.2 Å². The second kappa shape index (κ2) is 7.87. The van der Waals surface area contributed by atoms with E-state index >= 15 is 0 Å². The Labute approximate surface area is 186 Å². The van der Waals surface area contributed by atoms with Gasteiger partial charge in [0.1, 0.15) is 11.5 Å². The molecule has 0 aromatic heterocycles. The van der Waals surface area contributed by atoms with Gasteiger partial charge in [0.15, 0.2) is 4.75 Å². The molecule has 29 heavy (non-hydrogen) atoms. The lowest BCUT2D eigenvalue weighted by Gasteiger charge is -2.34. The zero-order valence-corrected chi connectivity index (χ0v) is 18.1. The van der Waals surface area contributed by atoms with E-state index in [0.717, 1.165) is 12.1 Å². The number of rotatable bonds is 4. The van der Waals surface area contributed by atoms with Crippen LogP contribution >= 0.6 is 46.4 Å². The summed E-state index contributed by atoms with van der Waals surface area (Å²) in [5.41, 5.74) is -0.719. The van der Waals surface area contributed by atoms with Crippen molar-refractivity contribution in [2.45, 2.75) is 4.75 Å². The van der Waals surface area contributed by atoms with Crippen LogP contribution in [0.3, 0.4) is 0 Å². The fourth-order valence-electron chi connectivity index (χ4n) is 3.26. The van der Waals surface area contributed by atoms with Gasteiger partial charge in [-0.1, -0.05) is 70.7 Å². The zero-order chi connectivity index (χ0) is 21.6. The molecule has 5 nitrogen and oxygen atoms in total. The summed E-state index contributed by atoms with van der Waals surface area (Å²) >= 11 is 24.7. The van der Waals surface area contributed by atoms with Crippen molar-refractivity contribution in [2.75, 3.05) is 0 Å². The van der Waals surface area contributed by atoms with Crippen molar-refractivity contribution in [1.29, 1.82) is 0 Å². The van der Waals surface area contributed by atoms with Crippen molar-refractivity contribution in [3.05, 3.63) is 91.4 Å². The molecule has 3 rings (SSSR count). The Kier molecular flexibility index (Phi) is 5.98.